The van der Waals surface area contributed by atoms with Crippen molar-refractivity contribution in [3.63, 3.8) is 0 Å². The molecule has 0 fully saturated rings. The standard InChI is InChI=1S/C15H26O4/c1-3-5-7-9-13-19-15(17)11-10-14(16)18-12-8-6-4-2/h10-11H,3-9,12-13H2,1-2H3/b11-10+. The van der Waals surface area contributed by atoms with Crippen molar-refractivity contribution in [3.8, 4) is 0 Å². The van der Waals surface area contributed by atoms with Gasteiger partial charge in [0.2, 0.25) is 0 Å². The van der Waals surface area contributed by atoms with Gasteiger partial charge in [-0.1, -0.05) is 46.0 Å². The normalized spacial score (nSPS) is 10.6. The molecule has 0 aliphatic rings. The molecule has 4 nitrogen and oxygen atoms in total. The summed E-state index contributed by atoms with van der Waals surface area (Å²) in [4.78, 5) is 22.4. The number of hydrogen-bond donors (Lipinski definition) is 0. The van der Waals surface area contributed by atoms with E-state index in [0.29, 0.717) is 13.2 Å². The van der Waals surface area contributed by atoms with Crippen LogP contribution in [0, 0.1) is 0 Å². The quantitative estimate of drug-likeness (QED) is 0.328. The van der Waals surface area contributed by atoms with Crippen LogP contribution in [0.4, 0.5) is 0 Å². The summed E-state index contributed by atoms with van der Waals surface area (Å²) in [5.74, 6) is -0.971. The van der Waals surface area contributed by atoms with Gasteiger partial charge in [0.05, 0.1) is 13.2 Å². The third-order valence-electron chi connectivity index (χ3n) is 2.59. The zero-order valence-electron chi connectivity index (χ0n) is 12.2. The molecule has 0 spiro atoms. The Morgan fingerprint density at radius 1 is 0.737 bits per heavy atom. The van der Waals surface area contributed by atoms with E-state index in [-0.39, 0.29) is 0 Å². The highest BCUT2D eigenvalue weighted by molar-refractivity contribution is 5.91. The van der Waals surface area contributed by atoms with E-state index in [1.165, 1.54) is 0 Å². The Morgan fingerprint density at radius 3 is 1.63 bits per heavy atom. The zero-order valence-corrected chi connectivity index (χ0v) is 12.2. The lowest BCUT2D eigenvalue weighted by molar-refractivity contribution is -0.140. The SMILES string of the molecule is CCCCCCOC(=O)/C=C/C(=O)OCCCCC. The minimum absolute atomic E-state index is 0.406. The smallest absolute Gasteiger partial charge is 0.331 e. The summed E-state index contributed by atoms with van der Waals surface area (Å²) in [6, 6.07) is 0. The maximum atomic E-state index is 11.2. The van der Waals surface area contributed by atoms with Gasteiger partial charge in [0.15, 0.2) is 0 Å². The second-order valence-corrected chi connectivity index (χ2v) is 4.44. The summed E-state index contributed by atoms with van der Waals surface area (Å²) in [6.45, 7) is 5.02. The van der Waals surface area contributed by atoms with Crippen LogP contribution >= 0.6 is 0 Å². The summed E-state index contributed by atoms with van der Waals surface area (Å²) in [7, 11) is 0. The van der Waals surface area contributed by atoms with Crippen LogP contribution in [0.2, 0.25) is 0 Å². The second-order valence-electron chi connectivity index (χ2n) is 4.44. The number of hydrogen-bond acceptors (Lipinski definition) is 4. The molecule has 110 valence electrons. The predicted octanol–water partition coefficient (Wildman–Crippen LogP) is 3.40. The van der Waals surface area contributed by atoms with Crippen LogP contribution in [0.1, 0.15) is 58.8 Å². The molecule has 0 unspecified atom stereocenters. The lowest BCUT2D eigenvalue weighted by Gasteiger charge is -2.02. The molecule has 0 rings (SSSR count). The fraction of sp³-hybridized carbons (Fsp3) is 0.733. The van der Waals surface area contributed by atoms with E-state index in [2.05, 4.69) is 13.8 Å². The highest BCUT2D eigenvalue weighted by Crippen LogP contribution is 1.99. The minimum Gasteiger partial charge on any atom is -0.463 e. The van der Waals surface area contributed by atoms with Gasteiger partial charge in [-0.15, -0.1) is 0 Å². The van der Waals surface area contributed by atoms with Gasteiger partial charge in [0.1, 0.15) is 0 Å². The molecule has 0 amide bonds. The van der Waals surface area contributed by atoms with Crippen LogP contribution < -0.4 is 0 Å². The van der Waals surface area contributed by atoms with Crippen molar-refractivity contribution in [2.45, 2.75) is 58.8 Å². The first kappa shape index (κ1) is 17.7. The van der Waals surface area contributed by atoms with Crippen molar-refractivity contribution in [3.05, 3.63) is 12.2 Å². The Bertz CT molecular complexity index is 271. The van der Waals surface area contributed by atoms with Crippen molar-refractivity contribution in [2.24, 2.45) is 0 Å². The van der Waals surface area contributed by atoms with Gasteiger partial charge in [0, 0.05) is 12.2 Å². The minimum atomic E-state index is -0.487. The van der Waals surface area contributed by atoms with Crippen molar-refractivity contribution in [1.82, 2.24) is 0 Å². The van der Waals surface area contributed by atoms with Crippen LogP contribution in [0.15, 0.2) is 12.2 Å². The summed E-state index contributed by atoms with van der Waals surface area (Å²) >= 11 is 0. The molecule has 0 saturated heterocycles. The van der Waals surface area contributed by atoms with Crippen LogP contribution in [0.3, 0.4) is 0 Å². The van der Waals surface area contributed by atoms with E-state index in [1.807, 2.05) is 0 Å². The predicted molar refractivity (Wildman–Crippen MR) is 74.7 cm³/mol. The van der Waals surface area contributed by atoms with E-state index >= 15 is 0 Å². The zero-order chi connectivity index (χ0) is 14.3. The number of unbranched alkanes of at least 4 members (excludes halogenated alkanes) is 5. The van der Waals surface area contributed by atoms with Crippen LogP contribution in [0.5, 0.6) is 0 Å². The molecule has 0 radical (unpaired) electrons. The van der Waals surface area contributed by atoms with Crippen LogP contribution in [0.25, 0.3) is 0 Å². The maximum absolute atomic E-state index is 11.2. The number of carbonyl (C=O) groups excluding carboxylic acids is 2. The van der Waals surface area contributed by atoms with E-state index in [9.17, 15) is 9.59 Å². The van der Waals surface area contributed by atoms with Gasteiger partial charge in [0.25, 0.3) is 0 Å². The van der Waals surface area contributed by atoms with E-state index < -0.39 is 11.9 Å². The van der Waals surface area contributed by atoms with E-state index in [4.69, 9.17) is 9.47 Å². The molecule has 0 atom stereocenters. The molecule has 19 heavy (non-hydrogen) atoms. The van der Waals surface area contributed by atoms with Crippen molar-refractivity contribution in [1.29, 1.82) is 0 Å². The van der Waals surface area contributed by atoms with Gasteiger partial charge < -0.3 is 9.47 Å². The molecule has 0 heterocycles. The highest BCUT2D eigenvalue weighted by atomic mass is 16.5. The molecule has 0 bridgehead atoms. The Kier molecular flexibility index (Phi) is 12.2. The third kappa shape index (κ3) is 12.9. The van der Waals surface area contributed by atoms with Crippen molar-refractivity contribution < 1.29 is 19.1 Å². The summed E-state index contributed by atoms with van der Waals surface area (Å²) in [6.07, 6.45) is 9.46. The number of esters is 2. The average molecular weight is 270 g/mol. The largest absolute Gasteiger partial charge is 0.463 e. The maximum Gasteiger partial charge on any atom is 0.331 e. The highest BCUT2D eigenvalue weighted by Gasteiger charge is 2.00. The molecular formula is C15H26O4. The number of ether oxygens (including phenoxy) is 2. The Morgan fingerprint density at radius 2 is 1.16 bits per heavy atom. The third-order valence-corrected chi connectivity index (χ3v) is 2.59. The summed E-state index contributed by atoms with van der Waals surface area (Å²) in [5.41, 5.74) is 0. The first-order valence-electron chi connectivity index (χ1n) is 7.22. The first-order valence-corrected chi connectivity index (χ1v) is 7.22. The lowest BCUT2D eigenvalue weighted by Crippen LogP contribution is -2.06. The second kappa shape index (κ2) is 13.1. The fourth-order valence-electron chi connectivity index (χ4n) is 1.46. The molecule has 0 saturated carbocycles. The van der Waals surface area contributed by atoms with Gasteiger partial charge in [-0.05, 0) is 12.8 Å². The first-order chi connectivity index (χ1) is 9.20. The summed E-state index contributed by atoms with van der Waals surface area (Å²) < 4.78 is 9.87. The van der Waals surface area contributed by atoms with Gasteiger partial charge in [-0.25, -0.2) is 9.59 Å². The summed E-state index contributed by atoms with van der Waals surface area (Å²) in [5, 5.41) is 0. The monoisotopic (exact) mass is 270 g/mol. The van der Waals surface area contributed by atoms with Gasteiger partial charge >= 0.3 is 11.9 Å². The van der Waals surface area contributed by atoms with Crippen molar-refractivity contribution >= 4 is 11.9 Å². The van der Waals surface area contributed by atoms with E-state index in [1.54, 1.807) is 0 Å². The van der Waals surface area contributed by atoms with Crippen molar-refractivity contribution in [2.75, 3.05) is 13.2 Å². The molecule has 0 aromatic rings. The Labute approximate surface area is 116 Å². The van der Waals surface area contributed by atoms with Crippen LogP contribution in [-0.2, 0) is 19.1 Å². The molecule has 4 heteroatoms. The molecule has 0 aromatic carbocycles. The molecule has 0 aliphatic heterocycles. The molecular weight excluding hydrogens is 244 g/mol. The van der Waals surface area contributed by atoms with Gasteiger partial charge in [-0.2, -0.15) is 0 Å². The number of carbonyl (C=O) groups is 2. The molecule has 0 aliphatic carbocycles. The Hall–Kier alpha value is -1.32. The average Bonchev–Trinajstić information content (AvgIpc) is 2.41. The lowest BCUT2D eigenvalue weighted by atomic mass is 10.2. The fourth-order valence-corrected chi connectivity index (χ4v) is 1.46. The molecule has 0 aromatic heterocycles. The number of rotatable bonds is 11. The van der Waals surface area contributed by atoms with Gasteiger partial charge in [-0.3, -0.25) is 0 Å². The van der Waals surface area contributed by atoms with Crippen LogP contribution in [-0.4, -0.2) is 25.2 Å². The molecule has 0 N–H and O–H groups in total. The Balaban J connectivity index is 3.56. The van der Waals surface area contributed by atoms with E-state index in [0.717, 1.165) is 57.1 Å². The topological polar surface area (TPSA) is 52.6 Å².